The van der Waals surface area contributed by atoms with E-state index in [9.17, 15) is 0 Å². The van der Waals surface area contributed by atoms with Gasteiger partial charge in [-0.15, -0.1) is 0 Å². The van der Waals surface area contributed by atoms with Gasteiger partial charge in [0.25, 0.3) is 0 Å². The molecule has 160 valence electrons. The van der Waals surface area contributed by atoms with Gasteiger partial charge in [-0.1, -0.05) is 46.9 Å². The van der Waals surface area contributed by atoms with Crippen LogP contribution in [0.15, 0.2) is 48.8 Å². The molecule has 0 amide bonds. The number of alkyl halides is 3. The molecular weight excluding hydrogens is 445 g/mol. The van der Waals surface area contributed by atoms with E-state index in [1.807, 2.05) is 36.4 Å². The Morgan fingerprint density at radius 1 is 1.00 bits per heavy atom. The van der Waals surface area contributed by atoms with E-state index in [0.717, 1.165) is 43.7 Å². The summed E-state index contributed by atoms with van der Waals surface area (Å²) in [6.45, 7) is 4.54. The van der Waals surface area contributed by atoms with Gasteiger partial charge in [0.2, 0.25) is 3.79 Å². The SMILES string of the molecule is CC1(N2CCCC2)C(c2ccccn2)(c2ccccn2)OC1(C1CCO1)C(Cl)(Cl)Cl. The molecule has 30 heavy (non-hydrogen) atoms. The molecule has 3 aliphatic heterocycles. The molecule has 3 saturated heterocycles. The lowest BCUT2D eigenvalue weighted by molar-refractivity contribution is -0.405. The van der Waals surface area contributed by atoms with Crippen LogP contribution in [0.1, 0.15) is 37.6 Å². The van der Waals surface area contributed by atoms with Gasteiger partial charge < -0.3 is 9.47 Å². The molecule has 5 nitrogen and oxygen atoms in total. The minimum Gasteiger partial charge on any atom is -0.375 e. The Bertz CT molecular complexity index is 861. The smallest absolute Gasteiger partial charge is 0.223 e. The zero-order chi connectivity index (χ0) is 21.0. The summed E-state index contributed by atoms with van der Waals surface area (Å²) in [6, 6.07) is 11.6. The van der Waals surface area contributed by atoms with Crippen LogP contribution in [-0.4, -0.2) is 55.6 Å². The Morgan fingerprint density at radius 2 is 1.57 bits per heavy atom. The Balaban J connectivity index is 1.79. The fraction of sp³-hybridized carbons (Fsp3) is 0.545. The van der Waals surface area contributed by atoms with Gasteiger partial charge in [0, 0.05) is 25.4 Å². The van der Waals surface area contributed by atoms with Crippen molar-refractivity contribution in [2.24, 2.45) is 0 Å². The number of ether oxygens (including phenoxy) is 2. The van der Waals surface area contributed by atoms with Gasteiger partial charge in [0.1, 0.15) is 0 Å². The lowest BCUT2D eigenvalue weighted by atomic mass is 9.56. The average Bonchev–Trinajstić information content (AvgIpc) is 3.24. The third kappa shape index (κ3) is 2.54. The topological polar surface area (TPSA) is 47.5 Å². The molecule has 0 aromatic carbocycles. The van der Waals surface area contributed by atoms with Crippen molar-refractivity contribution in [3.05, 3.63) is 60.2 Å². The molecule has 3 fully saturated rings. The summed E-state index contributed by atoms with van der Waals surface area (Å²) in [5.74, 6) is 0. The number of pyridine rings is 2. The summed E-state index contributed by atoms with van der Waals surface area (Å²) in [5.41, 5.74) is -1.40. The number of hydrogen-bond acceptors (Lipinski definition) is 5. The molecule has 3 aliphatic rings. The van der Waals surface area contributed by atoms with Crippen molar-refractivity contribution in [2.45, 2.75) is 52.8 Å². The Morgan fingerprint density at radius 3 is 1.97 bits per heavy atom. The number of halogens is 3. The van der Waals surface area contributed by atoms with Crippen LogP contribution in [0, 0.1) is 0 Å². The lowest BCUT2D eigenvalue weighted by Gasteiger charge is -2.74. The Labute approximate surface area is 191 Å². The van der Waals surface area contributed by atoms with Crippen molar-refractivity contribution >= 4 is 34.8 Å². The van der Waals surface area contributed by atoms with Crippen LogP contribution < -0.4 is 0 Å². The third-order valence-electron chi connectivity index (χ3n) is 7.09. The normalized spacial score (nSPS) is 33.7. The maximum absolute atomic E-state index is 6.90. The molecule has 0 spiro atoms. The van der Waals surface area contributed by atoms with Crippen molar-refractivity contribution in [1.82, 2.24) is 14.9 Å². The highest BCUT2D eigenvalue weighted by Gasteiger charge is 2.86. The lowest BCUT2D eigenvalue weighted by Crippen LogP contribution is -2.91. The number of rotatable bonds is 4. The van der Waals surface area contributed by atoms with Crippen molar-refractivity contribution in [1.29, 1.82) is 0 Å². The van der Waals surface area contributed by atoms with E-state index >= 15 is 0 Å². The minimum atomic E-state index is -1.71. The van der Waals surface area contributed by atoms with Crippen molar-refractivity contribution in [2.75, 3.05) is 19.7 Å². The molecule has 2 aromatic rings. The van der Waals surface area contributed by atoms with Gasteiger partial charge in [-0.3, -0.25) is 14.9 Å². The number of likely N-dealkylation sites (tertiary alicyclic amines) is 1. The molecule has 8 heteroatoms. The van der Waals surface area contributed by atoms with Gasteiger partial charge in [-0.05, 0) is 57.1 Å². The first kappa shape index (κ1) is 20.9. The number of aromatic nitrogens is 2. The van der Waals surface area contributed by atoms with Crippen molar-refractivity contribution in [3.63, 3.8) is 0 Å². The van der Waals surface area contributed by atoms with Crippen LogP contribution >= 0.6 is 34.8 Å². The second-order valence-electron chi connectivity index (χ2n) is 8.36. The molecule has 2 aromatic heterocycles. The van der Waals surface area contributed by atoms with Gasteiger partial charge in [-0.2, -0.15) is 0 Å². The van der Waals surface area contributed by atoms with Crippen molar-refractivity contribution in [3.8, 4) is 0 Å². The van der Waals surface area contributed by atoms with E-state index in [0.29, 0.717) is 6.61 Å². The Kier molecular flexibility index (Phi) is 5.09. The molecule has 3 unspecified atom stereocenters. The van der Waals surface area contributed by atoms with Crippen LogP contribution in [0.4, 0.5) is 0 Å². The predicted molar refractivity (Wildman–Crippen MR) is 117 cm³/mol. The highest BCUT2D eigenvalue weighted by molar-refractivity contribution is 6.68. The van der Waals surface area contributed by atoms with Crippen LogP contribution in [0.5, 0.6) is 0 Å². The fourth-order valence-corrected chi connectivity index (χ4v) is 6.64. The quantitative estimate of drug-likeness (QED) is 0.618. The minimum absolute atomic E-state index is 0.323. The highest BCUT2D eigenvalue weighted by Crippen LogP contribution is 2.70. The summed E-state index contributed by atoms with van der Waals surface area (Å²) in [4.78, 5) is 11.8. The molecule has 0 saturated carbocycles. The maximum atomic E-state index is 6.90. The van der Waals surface area contributed by atoms with E-state index in [1.165, 1.54) is 0 Å². The summed E-state index contributed by atoms with van der Waals surface area (Å²) >= 11 is 20.2. The standard InChI is InChI=1S/C22H24Cl3N3O2/c1-19(28-13-6-7-14-28)20(16-8-2-4-11-26-16,17-9-3-5-12-27-17)30-21(19,22(23,24)25)18-10-15-29-18/h2-5,8-9,11-12,18H,6-7,10,13-15H2,1H3. The Hall–Kier alpha value is -0.950. The van der Waals surface area contributed by atoms with Crippen molar-refractivity contribution < 1.29 is 9.47 Å². The molecule has 0 aliphatic carbocycles. The van der Waals surface area contributed by atoms with E-state index in [2.05, 4.69) is 11.8 Å². The van der Waals surface area contributed by atoms with Gasteiger partial charge in [-0.25, -0.2) is 0 Å². The molecule has 0 N–H and O–H groups in total. The van der Waals surface area contributed by atoms with Crippen LogP contribution in [0.3, 0.4) is 0 Å². The molecule has 3 atom stereocenters. The number of hydrogen-bond donors (Lipinski definition) is 0. The molecule has 5 heterocycles. The zero-order valence-electron chi connectivity index (χ0n) is 16.7. The maximum Gasteiger partial charge on any atom is 0.223 e. The van der Waals surface area contributed by atoms with E-state index in [-0.39, 0.29) is 6.10 Å². The molecule has 0 bridgehead atoms. The summed E-state index contributed by atoms with van der Waals surface area (Å²) in [7, 11) is 0. The summed E-state index contributed by atoms with van der Waals surface area (Å²) < 4.78 is 11.1. The monoisotopic (exact) mass is 467 g/mol. The van der Waals surface area contributed by atoms with Gasteiger partial charge >= 0.3 is 0 Å². The zero-order valence-corrected chi connectivity index (χ0v) is 19.0. The predicted octanol–water partition coefficient (Wildman–Crippen LogP) is 4.50. The van der Waals surface area contributed by atoms with E-state index in [4.69, 9.17) is 54.2 Å². The first-order chi connectivity index (χ1) is 14.4. The first-order valence-electron chi connectivity index (χ1n) is 10.3. The second-order valence-corrected chi connectivity index (χ2v) is 10.6. The van der Waals surface area contributed by atoms with Crippen LogP contribution in [0.25, 0.3) is 0 Å². The van der Waals surface area contributed by atoms with Crippen LogP contribution in [-0.2, 0) is 15.1 Å². The summed E-state index contributed by atoms with van der Waals surface area (Å²) in [5, 5.41) is 0. The highest BCUT2D eigenvalue weighted by atomic mass is 35.6. The van der Waals surface area contributed by atoms with Gasteiger partial charge in [0.05, 0.1) is 23.0 Å². The third-order valence-corrected chi connectivity index (χ3v) is 7.93. The molecule has 0 radical (unpaired) electrons. The largest absolute Gasteiger partial charge is 0.375 e. The first-order valence-corrected chi connectivity index (χ1v) is 11.5. The average molecular weight is 469 g/mol. The summed E-state index contributed by atoms with van der Waals surface area (Å²) in [6.07, 6.45) is 6.15. The van der Waals surface area contributed by atoms with Gasteiger partial charge in [0.15, 0.2) is 11.2 Å². The molecule has 5 rings (SSSR count). The van der Waals surface area contributed by atoms with E-state index < -0.39 is 20.5 Å². The second kappa shape index (κ2) is 7.29. The number of nitrogens with zero attached hydrogens (tertiary/aromatic N) is 3. The molecular formula is C22H24Cl3N3O2. The van der Waals surface area contributed by atoms with E-state index in [1.54, 1.807) is 12.4 Å². The van der Waals surface area contributed by atoms with Crippen LogP contribution in [0.2, 0.25) is 0 Å². The fourth-order valence-electron chi connectivity index (χ4n) is 5.61.